The SMILES string of the molecule is CCc1nnc2n1CCN(C(=O)CCn1c(=O)oc3ccccc31)C2. The van der Waals surface area contributed by atoms with Gasteiger partial charge in [0.15, 0.2) is 11.4 Å². The smallest absolute Gasteiger partial charge is 0.408 e. The maximum absolute atomic E-state index is 12.5. The average Bonchev–Trinajstić information content (AvgIpc) is 3.18. The van der Waals surface area contributed by atoms with E-state index in [1.54, 1.807) is 11.0 Å². The number of rotatable bonds is 4. The molecule has 3 aromatic rings. The third-order valence-corrected chi connectivity index (χ3v) is 4.62. The van der Waals surface area contributed by atoms with Crippen molar-refractivity contribution >= 4 is 17.0 Å². The van der Waals surface area contributed by atoms with Crippen LogP contribution in [-0.2, 0) is 30.8 Å². The van der Waals surface area contributed by atoms with Crippen LogP contribution in [0.4, 0.5) is 0 Å². The Kier molecular flexibility index (Phi) is 3.87. The molecule has 1 aromatic carbocycles. The van der Waals surface area contributed by atoms with Gasteiger partial charge in [-0.1, -0.05) is 19.1 Å². The van der Waals surface area contributed by atoms with Gasteiger partial charge in [-0.3, -0.25) is 9.36 Å². The van der Waals surface area contributed by atoms with E-state index in [0.717, 1.165) is 18.1 Å². The Balaban J connectivity index is 1.46. The van der Waals surface area contributed by atoms with Crippen molar-refractivity contribution in [1.29, 1.82) is 0 Å². The van der Waals surface area contributed by atoms with Gasteiger partial charge in [0.2, 0.25) is 5.91 Å². The molecule has 2 aromatic heterocycles. The number of amides is 1. The molecule has 0 saturated carbocycles. The first-order valence-corrected chi connectivity index (χ1v) is 8.44. The highest BCUT2D eigenvalue weighted by atomic mass is 16.4. The fraction of sp³-hybridized carbons (Fsp3) is 0.412. The van der Waals surface area contributed by atoms with Crippen molar-refractivity contribution in [2.24, 2.45) is 0 Å². The Bertz CT molecular complexity index is 984. The first-order valence-electron chi connectivity index (χ1n) is 8.44. The van der Waals surface area contributed by atoms with Gasteiger partial charge in [0.1, 0.15) is 5.82 Å². The highest BCUT2D eigenvalue weighted by Gasteiger charge is 2.24. The number of carbonyl (C=O) groups excluding carboxylic acids is 1. The molecule has 0 aliphatic carbocycles. The molecule has 130 valence electrons. The minimum Gasteiger partial charge on any atom is -0.408 e. The van der Waals surface area contributed by atoms with Crippen molar-refractivity contribution in [2.75, 3.05) is 6.54 Å². The fourth-order valence-corrected chi connectivity index (χ4v) is 3.28. The first kappa shape index (κ1) is 15.6. The highest BCUT2D eigenvalue weighted by Crippen LogP contribution is 2.15. The van der Waals surface area contributed by atoms with Crippen LogP contribution < -0.4 is 5.76 Å². The lowest BCUT2D eigenvalue weighted by atomic mass is 10.2. The normalized spacial score (nSPS) is 14.0. The van der Waals surface area contributed by atoms with Gasteiger partial charge >= 0.3 is 5.76 Å². The zero-order valence-corrected chi connectivity index (χ0v) is 14.0. The van der Waals surface area contributed by atoms with Crippen LogP contribution in [0, 0.1) is 0 Å². The molecule has 0 N–H and O–H groups in total. The van der Waals surface area contributed by atoms with Crippen LogP contribution in [0.1, 0.15) is 25.0 Å². The van der Waals surface area contributed by atoms with E-state index in [9.17, 15) is 9.59 Å². The highest BCUT2D eigenvalue weighted by molar-refractivity contribution is 5.77. The molecule has 0 unspecified atom stereocenters. The van der Waals surface area contributed by atoms with E-state index in [1.807, 2.05) is 25.1 Å². The van der Waals surface area contributed by atoms with Crippen LogP contribution in [0.3, 0.4) is 0 Å². The van der Waals surface area contributed by atoms with Crippen LogP contribution >= 0.6 is 0 Å². The molecular weight excluding hydrogens is 322 g/mol. The standard InChI is InChI=1S/C17H19N5O3/c1-2-14-18-19-15-11-20(9-10-22(14)15)16(23)7-8-21-12-5-3-4-6-13(12)25-17(21)24/h3-6H,2,7-11H2,1H3. The number of hydrogen-bond donors (Lipinski definition) is 0. The second kappa shape index (κ2) is 6.19. The number of oxazole rings is 1. The maximum atomic E-state index is 12.5. The number of nitrogens with zero attached hydrogens (tertiary/aromatic N) is 5. The summed E-state index contributed by atoms with van der Waals surface area (Å²) in [6, 6.07) is 7.23. The number of para-hydroxylation sites is 2. The first-order chi connectivity index (χ1) is 12.2. The molecule has 3 heterocycles. The Labute approximate surface area is 143 Å². The molecule has 8 nitrogen and oxygen atoms in total. The monoisotopic (exact) mass is 341 g/mol. The van der Waals surface area contributed by atoms with Crippen LogP contribution in [-0.4, -0.2) is 36.7 Å². The van der Waals surface area contributed by atoms with E-state index in [0.29, 0.717) is 37.3 Å². The lowest BCUT2D eigenvalue weighted by molar-refractivity contribution is -0.133. The van der Waals surface area contributed by atoms with Crippen LogP contribution in [0.2, 0.25) is 0 Å². The summed E-state index contributed by atoms with van der Waals surface area (Å²) < 4.78 is 8.79. The summed E-state index contributed by atoms with van der Waals surface area (Å²) in [4.78, 5) is 26.3. The Morgan fingerprint density at radius 3 is 2.92 bits per heavy atom. The van der Waals surface area contributed by atoms with E-state index < -0.39 is 5.76 Å². The molecule has 0 radical (unpaired) electrons. The molecule has 8 heteroatoms. The van der Waals surface area contributed by atoms with Crippen molar-refractivity contribution in [2.45, 2.75) is 39.4 Å². The Morgan fingerprint density at radius 2 is 2.08 bits per heavy atom. The van der Waals surface area contributed by atoms with E-state index in [-0.39, 0.29) is 12.3 Å². The summed E-state index contributed by atoms with van der Waals surface area (Å²) in [5.74, 6) is 1.35. The van der Waals surface area contributed by atoms with Crippen molar-refractivity contribution in [3.63, 3.8) is 0 Å². The van der Waals surface area contributed by atoms with Crippen LogP contribution in [0.25, 0.3) is 11.1 Å². The molecule has 0 fully saturated rings. The van der Waals surface area contributed by atoms with Gasteiger partial charge < -0.3 is 13.9 Å². The number of carbonyl (C=O) groups is 1. The summed E-state index contributed by atoms with van der Waals surface area (Å²) in [6.07, 6.45) is 1.08. The maximum Gasteiger partial charge on any atom is 0.419 e. The number of benzene rings is 1. The molecular formula is C17H19N5O3. The van der Waals surface area contributed by atoms with Gasteiger partial charge in [-0.25, -0.2) is 4.79 Å². The topological polar surface area (TPSA) is 86.2 Å². The molecule has 0 saturated heterocycles. The third kappa shape index (κ3) is 2.73. The van der Waals surface area contributed by atoms with E-state index in [4.69, 9.17) is 4.42 Å². The number of hydrogen-bond acceptors (Lipinski definition) is 5. The number of aromatic nitrogens is 4. The van der Waals surface area contributed by atoms with Gasteiger partial charge in [0, 0.05) is 32.5 Å². The summed E-state index contributed by atoms with van der Waals surface area (Å²) in [5.41, 5.74) is 1.25. The minimum absolute atomic E-state index is 0.00415. The molecule has 4 rings (SSSR count). The van der Waals surface area contributed by atoms with Gasteiger partial charge in [-0.05, 0) is 12.1 Å². The Hall–Kier alpha value is -2.90. The van der Waals surface area contributed by atoms with Gasteiger partial charge in [0.05, 0.1) is 12.1 Å². The third-order valence-electron chi connectivity index (χ3n) is 4.62. The predicted octanol–water partition coefficient (Wildman–Crippen LogP) is 1.18. The summed E-state index contributed by atoms with van der Waals surface area (Å²) >= 11 is 0. The zero-order valence-electron chi connectivity index (χ0n) is 14.0. The predicted molar refractivity (Wildman–Crippen MR) is 89.9 cm³/mol. The second-order valence-corrected chi connectivity index (χ2v) is 6.09. The molecule has 1 aliphatic heterocycles. The largest absolute Gasteiger partial charge is 0.419 e. The van der Waals surface area contributed by atoms with Crippen molar-refractivity contribution < 1.29 is 9.21 Å². The molecule has 0 spiro atoms. The summed E-state index contributed by atoms with van der Waals surface area (Å²) in [6.45, 7) is 4.16. The molecule has 0 bridgehead atoms. The summed E-state index contributed by atoms with van der Waals surface area (Å²) in [7, 11) is 0. The molecule has 0 atom stereocenters. The summed E-state index contributed by atoms with van der Waals surface area (Å²) in [5, 5.41) is 8.33. The van der Waals surface area contributed by atoms with E-state index in [2.05, 4.69) is 14.8 Å². The van der Waals surface area contributed by atoms with Crippen LogP contribution in [0.5, 0.6) is 0 Å². The van der Waals surface area contributed by atoms with Crippen molar-refractivity contribution in [3.8, 4) is 0 Å². The Morgan fingerprint density at radius 1 is 1.24 bits per heavy atom. The van der Waals surface area contributed by atoms with Crippen molar-refractivity contribution in [3.05, 3.63) is 46.5 Å². The van der Waals surface area contributed by atoms with Crippen molar-refractivity contribution in [1.82, 2.24) is 24.2 Å². The lowest BCUT2D eigenvalue weighted by Gasteiger charge is -2.27. The van der Waals surface area contributed by atoms with E-state index >= 15 is 0 Å². The van der Waals surface area contributed by atoms with Gasteiger partial charge in [-0.15, -0.1) is 10.2 Å². The lowest BCUT2D eigenvalue weighted by Crippen LogP contribution is -2.39. The van der Waals surface area contributed by atoms with Gasteiger partial charge in [0.25, 0.3) is 0 Å². The minimum atomic E-state index is -0.431. The van der Waals surface area contributed by atoms with Crippen LogP contribution in [0.15, 0.2) is 33.5 Å². The van der Waals surface area contributed by atoms with E-state index in [1.165, 1.54) is 4.57 Å². The molecule has 25 heavy (non-hydrogen) atoms. The zero-order chi connectivity index (χ0) is 17.4. The molecule has 1 amide bonds. The molecule has 1 aliphatic rings. The average molecular weight is 341 g/mol. The van der Waals surface area contributed by atoms with Gasteiger partial charge in [-0.2, -0.15) is 0 Å². The second-order valence-electron chi connectivity index (χ2n) is 6.09. The quantitative estimate of drug-likeness (QED) is 0.711. The number of fused-ring (bicyclic) bond motifs is 2. The number of aryl methyl sites for hydroxylation is 2. The fourth-order valence-electron chi connectivity index (χ4n) is 3.28.